The highest BCUT2D eigenvalue weighted by molar-refractivity contribution is 5.90. The molecule has 1 saturated carbocycles. The van der Waals surface area contributed by atoms with Crippen molar-refractivity contribution in [2.24, 2.45) is 0 Å². The second kappa shape index (κ2) is 6.27. The van der Waals surface area contributed by atoms with E-state index < -0.39 is 0 Å². The molecule has 117 valence electrons. The minimum Gasteiger partial charge on any atom is -0.377 e. The van der Waals surface area contributed by atoms with Crippen LogP contribution in [0.25, 0.3) is 10.8 Å². The highest BCUT2D eigenvalue weighted by Gasteiger charge is 2.34. The summed E-state index contributed by atoms with van der Waals surface area (Å²) >= 11 is 0. The topological polar surface area (TPSA) is 16.1 Å². The molecule has 5 radical (unpaired) electrons. The van der Waals surface area contributed by atoms with Crippen molar-refractivity contribution in [2.45, 2.75) is 0 Å². The fourth-order valence-electron chi connectivity index (χ4n) is 3.33. The Bertz CT molecular complexity index is 848. The van der Waals surface area contributed by atoms with Crippen LogP contribution < -0.4 is 4.90 Å². The van der Waals surface area contributed by atoms with Gasteiger partial charge >= 0.3 is 0 Å². The number of aromatic nitrogens is 1. The monoisotopic (exact) mass is 311 g/mol. The second-order valence-electron chi connectivity index (χ2n) is 6.17. The van der Waals surface area contributed by atoms with Crippen molar-refractivity contribution >= 4 is 16.5 Å². The third-order valence-corrected chi connectivity index (χ3v) is 4.47. The normalized spacial score (nSPS) is 15.9. The number of fused-ring (bicyclic) bond motifs is 1. The van der Waals surface area contributed by atoms with Crippen LogP contribution in [0.1, 0.15) is 11.1 Å². The van der Waals surface area contributed by atoms with Gasteiger partial charge in [-0.05, 0) is 41.7 Å². The Morgan fingerprint density at radius 3 is 2.38 bits per heavy atom. The van der Waals surface area contributed by atoms with E-state index in [0.717, 1.165) is 5.56 Å². The third-order valence-electron chi connectivity index (χ3n) is 4.47. The standard InChI is InChI=1S/C22H19N2/c1-24(2)22-13-14-23-15-21(22)20-12-6-11-19(20)18-10-5-8-16-7-3-4-9-17(16)18/h3-15H,1-2H3. The molecule has 0 saturated heterocycles. The molecule has 4 rings (SSSR count). The Balaban J connectivity index is 1.81. The van der Waals surface area contributed by atoms with Crippen molar-refractivity contribution < 1.29 is 0 Å². The van der Waals surface area contributed by atoms with Gasteiger partial charge < -0.3 is 4.90 Å². The molecule has 0 bridgehead atoms. The van der Waals surface area contributed by atoms with E-state index in [9.17, 15) is 0 Å². The molecular formula is C22H19N2. The maximum Gasteiger partial charge on any atom is 0.0431 e. The first-order valence-corrected chi connectivity index (χ1v) is 8.11. The number of nitrogens with zero attached hydrogens (tertiary/aromatic N) is 2. The molecule has 3 aromatic rings. The SMILES string of the molecule is CN(C)c1ccncc1[C]1[CH][CH][CH][C]1c1cccc2ccccc12. The van der Waals surface area contributed by atoms with Gasteiger partial charge in [0.05, 0.1) is 0 Å². The number of benzene rings is 2. The van der Waals surface area contributed by atoms with Crippen molar-refractivity contribution in [2.75, 3.05) is 19.0 Å². The van der Waals surface area contributed by atoms with Crippen molar-refractivity contribution in [1.82, 2.24) is 4.98 Å². The molecule has 1 aliphatic rings. The molecule has 0 aliphatic heterocycles. The second-order valence-corrected chi connectivity index (χ2v) is 6.17. The molecule has 0 amide bonds. The lowest BCUT2D eigenvalue weighted by molar-refractivity contribution is 1.06. The van der Waals surface area contributed by atoms with Gasteiger partial charge in [-0.25, -0.2) is 0 Å². The first kappa shape index (κ1) is 15.2. The first-order valence-electron chi connectivity index (χ1n) is 8.11. The van der Waals surface area contributed by atoms with E-state index >= 15 is 0 Å². The Morgan fingerprint density at radius 2 is 1.54 bits per heavy atom. The summed E-state index contributed by atoms with van der Waals surface area (Å²) in [6.07, 6.45) is 10.3. The van der Waals surface area contributed by atoms with E-state index in [1.54, 1.807) is 0 Å². The zero-order valence-electron chi connectivity index (χ0n) is 13.9. The van der Waals surface area contributed by atoms with Gasteiger partial charge in [-0.2, -0.15) is 0 Å². The van der Waals surface area contributed by atoms with Gasteiger partial charge in [0.25, 0.3) is 0 Å². The van der Waals surface area contributed by atoms with Crippen molar-refractivity contribution in [3.05, 3.63) is 103 Å². The lowest BCUT2D eigenvalue weighted by Crippen LogP contribution is -2.16. The van der Waals surface area contributed by atoms with Crippen LogP contribution in [0.15, 0.2) is 60.9 Å². The van der Waals surface area contributed by atoms with Crippen LogP contribution in [0.5, 0.6) is 0 Å². The van der Waals surface area contributed by atoms with Crippen LogP contribution in [0.4, 0.5) is 5.69 Å². The summed E-state index contributed by atoms with van der Waals surface area (Å²) in [5.74, 6) is 2.48. The summed E-state index contributed by atoms with van der Waals surface area (Å²) in [6.45, 7) is 0. The summed E-state index contributed by atoms with van der Waals surface area (Å²) in [5, 5.41) is 2.55. The first-order chi connectivity index (χ1) is 11.8. The smallest absolute Gasteiger partial charge is 0.0431 e. The Morgan fingerprint density at radius 1 is 0.792 bits per heavy atom. The zero-order valence-corrected chi connectivity index (χ0v) is 13.9. The summed E-state index contributed by atoms with van der Waals surface area (Å²) in [4.78, 5) is 6.49. The van der Waals surface area contributed by atoms with Crippen LogP contribution in [0.2, 0.25) is 0 Å². The molecule has 2 nitrogen and oxygen atoms in total. The quantitative estimate of drug-likeness (QED) is 0.709. The van der Waals surface area contributed by atoms with Gasteiger partial charge in [-0.15, -0.1) is 0 Å². The van der Waals surface area contributed by atoms with E-state index in [1.807, 2.05) is 12.4 Å². The molecule has 24 heavy (non-hydrogen) atoms. The van der Waals surface area contributed by atoms with E-state index in [1.165, 1.54) is 33.9 Å². The molecule has 1 aromatic heterocycles. The van der Waals surface area contributed by atoms with Gasteiger partial charge in [-0.1, -0.05) is 42.5 Å². The lowest BCUT2D eigenvalue weighted by Gasteiger charge is -2.25. The average Bonchev–Trinajstić information content (AvgIpc) is 3.10. The number of hydrogen-bond donors (Lipinski definition) is 0. The molecule has 2 aromatic carbocycles. The maximum atomic E-state index is 4.35. The fourth-order valence-corrected chi connectivity index (χ4v) is 3.33. The minimum absolute atomic E-state index is 1.16. The minimum atomic E-state index is 1.16. The van der Waals surface area contributed by atoms with Crippen LogP contribution in [0, 0.1) is 31.1 Å². The molecule has 0 unspecified atom stereocenters. The van der Waals surface area contributed by atoms with Crippen LogP contribution in [-0.4, -0.2) is 19.1 Å². The van der Waals surface area contributed by atoms with Gasteiger partial charge in [-0.3, -0.25) is 4.98 Å². The lowest BCUT2D eigenvalue weighted by atomic mass is 9.82. The maximum absolute atomic E-state index is 4.35. The van der Waals surface area contributed by atoms with Crippen LogP contribution >= 0.6 is 0 Å². The van der Waals surface area contributed by atoms with E-state index in [2.05, 4.69) is 91.8 Å². The van der Waals surface area contributed by atoms with Crippen LogP contribution in [-0.2, 0) is 0 Å². The van der Waals surface area contributed by atoms with E-state index in [4.69, 9.17) is 0 Å². The van der Waals surface area contributed by atoms with Gasteiger partial charge in [0.1, 0.15) is 0 Å². The molecule has 0 spiro atoms. The molecule has 2 heteroatoms. The summed E-state index contributed by atoms with van der Waals surface area (Å²) < 4.78 is 0. The predicted octanol–water partition coefficient (Wildman–Crippen LogP) is 4.47. The predicted molar refractivity (Wildman–Crippen MR) is 100 cm³/mol. The summed E-state index contributed by atoms with van der Waals surface area (Å²) in [7, 11) is 4.14. The molecule has 0 atom stereocenters. The van der Waals surface area contributed by atoms with E-state index in [-0.39, 0.29) is 0 Å². The highest BCUT2D eigenvalue weighted by atomic mass is 15.1. The fraction of sp³-hybridized carbons (Fsp3) is 0.0909. The number of pyridine rings is 1. The molecular weight excluding hydrogens is 292 g/mol. The summed E-state index contributed by atoms with van der Waals surface area (Å²) in [6, 6.07) is 17.1. The molecule has 1 fully saturated rings. The highest BCUT2D eigenvalue weighted by Crippen LogP contribution is 2.46. The average molecular weight is 311 g/mol. The van der Waals surface area contributed by atoms with Crippen molar-refractivity contribution in [1.29, 1.82) is 0 Å². The number of rotatable bonds is 3. The molecule has 1 heterocycles. The largest absolute Gasteiger partial charge is 0.377 e. The third kappa shape index (κ3) is 2.56. The Kier molecular flexibility index (Phi) is 3.97. The van der Waals surface area contributed by atoms with Crippen LogP contribution in [0.3, 0.4) is 0 Å². The van der Waals surface area contributed by atoms with Gasteiger partial charge in [0, 0.05) is 49.6 Å². The molecule has 0 N–H and O–H groups in total. The Hall–Kier alpha value is -2.35. The Labute approximate surface area is 144 Å². The molecule has 1 aliphatic carbocycles. The van der Waals surface area contributed by atoms with Gasteiger partial charge in [0.2, 0.25) is 0 Å². The van der Waals surface area contributed by atoms with Gasteiger partial charge in [0.15, 0.2) is 0 Å². The number of anilines is 1. The number of hydrogen-bond acceptors (Lipinski definition) is 2. The van der Waals surface area contributed by atoms with E-state index in [0.29, 0.717) is 0 Å². The van der Waals surface area contributed by atoms with Crippen molar-refractivity contribution in [3.63, 3.8) is 0 Å². The zero-order chi connectivity index (χ0) is 16.5. The summed E-state index contributed by atoms with van der Waals surface area (Å²) in [5.41, 5.74) is 3.61. The van der Waals surface area contributed by atoms with Crippen molar-refractivity contribution in [3.8, 4) is 0 Å².